The van der Waals surface area contributed by atoms with Crippen molar-refractivity contribution in [1.82, 2.24) is 0 Å². The predicted octanol–water partition coefficient (Wildman–Crippen LogP) is 1.84. The predicted molar refractivity (Wildman–Crippen MR) is 47.1 cm³/mol. The SMILES string of the molecule is [O-]B([O-])OCCC(F)(F)C(F)(F)C(F)(F)C(F)(F)C(F)(F)C(F)(F)F. The van der Waals surface area contributed by atoms with Crippen LogP contribution in [-0.2, 0) is 4.65 Å². The maximum Gasteiger partial charge on any atom is 0.460 e. The minimum absolute atomic E-state index is 2.00. The van der Waals surface area contributed by atoms with Crippen molar-refractivity contribution in [2.45, 2.75) is 42.2 Å². The van der Waals surface area contributed by atoms with Gasteiger partial charge in [0.25, 0.3) is 0 Å². The number of hydrogen-bond donors (Lipinski definition) is 0. The molecule has 25 heavy (non-hydrogen) atoms. The molecule has 0 atom stereocenters. The zero-order valence-electron chi connectivity index (χ0n) is 11.1. The van der Waals surface area contributed by atoms with E-state index in [0.29, 0.717) is 0 Å². The van der Waals surface area contributed by atoms with Crippen molar-refractivity contribution in [1.29, 1.82) is 0 Å². The van der Waals surface area contributed by atoms with Crippen LogP contribution in [-0.4, -0.2) is 49.7 Å². The quantitative estimate of drug-likeness (QED) is 0.457. The van der Waals surface area contributed by atoms with Crippen molar-refractivity contribution in [3.8, 4) is 0 Å². The number of halogens is 13. The molecule has 0 unspecified atom stereocenters. The normalized spacial score (nSPS) is 15.5. The Morgan fingerprint density at radius 3 is 1.28 bits per heavy atom. The summed E-state index contributed by atoms with van der Waals surface area (Å²) in [5, 5.41) is 19.5. The van der Waals surface area contributed by atoms with Gasteiger partial charge >= 0.3 is 35.8 Å². The van der Waals surface area contributed by atoms with E-state index < -0.39 is 56.1 Å². The minimum Gasteiger partial charge on any atom is -0.871 e. The molecule has 0 rings (SSSR count). The van der Waals surface area contributed by atoms with Crippen LogP contribution in [0.25, 0.3) is 0 Å². The topological polar surface area (TPSA) is 55.3 Å². The van der Waals surface area contributed by atoms with E-state index in [1.165, 1.54) is 0 Å². The molecule has 0 aliphatic rings. The van der Waals surface area contributed by atoms with Crippen LogP contribution < -0.4 is 10.0 Å². The maximum atomic E-state index is 13.0. The fourth-order valence-electron chi connectivity index (χ4n) is 1.24. The molecule has 3 nitrogen and oxygen atoms in total. The Morgan fingerprint density at radius 2 is 0.960 bits per heavy atom. The zero-order chi connectivity index (χ0) is 20.7. The van der Waals surface area contributed by atoms with Crippen LogP contribution in [0, 0.1) is 0 Å². The van der Waals surface area contributed by atoms with E-state index in [-0.39, 0.29) is 0 Å². The Kier molecular flexibility index (Phi) is 6.39. The van der Waals surface area contributed by atoms with Crippen LogP contribution in [0.5, 0.6) is 0 Å². The molecule has 0 fully saturated rings. The highest BCUT2D eigenvalue weighted by Gasteiger charge is 2.90. The van der Waals surface area contributed by atoms with Crippen molar-refractivity contribution < 1.29 is 71.8 Å². The minimum atomic E-state index is -7.98. The molecule has 0 aromatic carbocycles. The Hall–Kier alpha value is -0.965. The van der Waals surface area contributed by atoms with Gasteiger partial charge in [-0.2, -0.15) is 57.1 Å². The van der Waals surface area contributed by atoms with E-state index in [2.05, 4.69) is 4.65 Å². The zero-order valence-corrected chi connectivity index (χ0v) is 11.1. The summed E-state index contributed by atoms with van der Waals surface area (Å²) < 4.78 is 167. The Labute approximate surface area is 129 Å². The second kappa shape index (κ2) is 6.64. The molecule has 0 aromatic rings. The number of rotatable bonds is 8. The summed E-state index contributed by atoms with van der Waals surface area (Å²) in [5.74, 6) is -37.5. The first kappa shape index (κ1) is 24.0. The van der Waals surface area contributed by atoms with E-state index >= 15 is 0 Å². The second-order valence-corrected chi connectivity index (χ2v) is 4.41. The van der Waals surface area contributed by atoms with E-state index in [4.69, 9.17) is 0 Å². The van der Waals surface area contributed by atoms with Gasteiger partial charge in [0.2, 0.25) is 0 Å². The fourth-order valence-corrected chi connectivity index (χ4v) is 1.24. The average Bonchev–Trinajstić information content (AvgIpc) is 2.35. The number of hydrogen-bond acceptors (Lipinski definition) is 3. The highest BCUT2D eigenvalue weighted by Crippen LogP contribution is 2.60. The largest absolute Gasteiger partial charge is 0.871 e. The summed E-state index contributed by atoms with van der Waals surface area (Å²) in [6.45, 7) is -2.00. The summed E-state index contributed by atoms with van der Waals surface area (Å²) in [5.41, 5.74) is 0. The van der Waals surface area contributed by atoms with Gasteiger partial charge in [0, 0.05) is 13.0 Å². The third kappa shape index (κ3) is 3.91. The van der Waals surface area contributed by atoms with Crippen molar-refractivity contribution in [2.75, 3.05) is 6.61 Å². The lowest BCUT2D eigenvalue weighted by atomic mass is 9.93. The molecule has 150 valence electrons. The van der Waals surface area contributed by atoms with Crippen molar-refractivity contribution in [2.24, 2.45) is 0 Å². The number of alkyl halides is 13. The van der Waals surface area contributed by atoms with Crippen molar-refractivity contribution in [3.63, 3.8) is 0 Å². The molecular formula is C8H4BF13O3-2. The molecule has 0 radical (unpaired) electrons. The third-order valence-electron chi connectivity index (χ3n) is 2.67. The lowest BCUT2D eigenvalue weighted by Gasteiger charge is -2.40. The first-order valence-corrected chi connectivity index (χ1v) is 5.56. The molecule has 0 aliphatic carbocycles. The second-order valence-electron chi connectivity index (χ2n) is 4.41. The van der Waals surface area contributed by atoms with E-state index in [1.54, 1.807) is 0 Å². The van der Waals surface area contributed by atoms with Gasteiger partial charge in [-0.3, -0.25) is 0 Å². The van der Waals surface area contributed by atoms with Crippen LogP contribution in [0.2, 0.25) is 0 Å². The molecule has 0 heterocycles. The molecule has 0 saturated carbocycles. The van der Waals surface area contributed by atoms with Crippen molar-refractivity contribution >= 4 is 7.32 Å². The summed E-state index contributed by atoms with van der Waals surface area (Å²) in [4.78, 5) is 0. The first-order valence-electron chi connectivity index (χ1n) is 5.56. The third-order valence-corrected chi connectivity index (χ3v) is 2.67. The molecule has 0 N–H and O–H groups in total. The molecule has 17 heteroatoms. The summed E-state index contributed by atoms with van der Waals surface area (Å²) >= 11 is 0. The highest BCUT2D eigenvalue weighted by atomic mass is 19.4. The molecule has 0 spiro atoms. The van der Waals surface area contributed by atoms with Crippen LogP contribution in [0.15, 0.2) is 0 Å². The van der Waals surface area contributed by atoms with Crippen LogP contribution in [0.4, 0.5) is 57.1 Å². The maximum absolute atomic E-state index is 13.0. The summed E-state index contributed by atoms with van der Waals surface area (Å²) in [6.07, 6.45) is -10.2. The van der Waals surface area contributed by atoms with Gasteiger partial charge in [0.1, 0.15) is 0 Å². The van der Waals surface area contributed by atoms with Gasteiger partial charge in [0.15, 0.2) is 0 Å². The summed E-state index contributed by atoms with van der Waals surface area (Å²) in [7, 11) is -3.37. The van der Waals surface area contributed by atoms with Gasteiger partial charge in [-0.15, -0.1) is 0 Å². The van der Waals surface area contributed by atoms with Crippen molar-refractivity contribution in [3.05, 3.63) is 0 Å². The molecule has 0 aromatic heterocycles. The monoisotopic (exact) mass is 406 g/mol. The lowest BCUT2D eigenvalue weighted by Crippen LogP contribution is -2.70. The highest BCUT2D eigenvalue weighted by molar-refractivity contribution is 6.28. The average molecular weight is 406 g/mol. The van der Waals surface area contributed by atoms with Crippen LogP contribution >= 0.6 is 0 Å². The van der Waals surface area contributed by atoms with Gasteiger partial charge in [0.05, 0.1) is 7.32 Å². The first-order chi connectivity index (χ1) is 10.7. The van der Waals surface area contributed by atoms with Crippen LogP contribution in [0.1, 0.15) is 6.42 Å². The Balaban J connectivity index is 5.86. The molecular weight excluding hydrogens is 402 g/mol. The Morgan fingerprint density at radius 1 is 0.600 bits per heavy atom. The molecule has 0 aliphatic heterocycles. The fraction of sp³-hybridized carbons (Fsp3) is 1.00. The van der Waals surface area contributed by atoms with E-state index in [0.717, 1.165) is 0 Å². The lowest BCUT2D eigenvalue weighted by molar-refractivity contribution is -0.440. The standard InChI is InChI=1S/C8H4BF13O3/c10-3(11,1-2-25-9(23)24)4(12,13)5(14,15)6(16,17)7(18,19)8(20,21)22/h1-2H2/q-2. The van der Waals surface area contributed by atoms with Gasteiger partial charge in [-0.05, 0) is 0 Å². The van der Waals surface area contributed by atoms with E-state index in [9.17, 15) is 67.1 Å². The molecule has 0 saturated heterocycles. The summed E-state index contributed by atoms with van der Waals surface area (Å²) in [6, 6.07) is 0. The molecule has 0 bridgehead atoms. The van der Waals surface area contributed by atoms with Gasteiger partial charge in [-0.25, -0.2) is 0 Å². The smallest absolute Gasteiger partial charge is 0.460 e. The van der Waals surface area contributed by atoms with Gasteiger partial charge in [-0.1, -0.05) is 0 Å². The van der Waals surface area contributed by atoms with Gasteiger partial charge < -0.3 is 14.7 Å². The molecule has 0 amide bonds. The van der Waals surface area contributed by atoms with E-state index in [1.807, 2.05) is 0 Å². The van der Waals surface area contributed by atoms with Crippen LogP contribution in [0.3, 0.4) is 0 Å². The Bertz CT molecular complexity index is 461.